The first-order valence-corrected chi connectivity index (χ1v) is 10.6. The SMILES string of the molecule is CCn1c(SCC(=O)Nc2ccc(C(C)C)cc2OC)nnc1-c1ccccc1. The molecule has 2 aromatic carbocycles. The summed E-state index contributed by atoms with van der Waals surface area (Å²) in [5, 5.41) is 12.2. The third-order valence-electron chi connectivity index (χ3n) is 4.56. The average molecular weight is 411 g/mol. The number of rotatable bonds is 8. The quantitative estimate of drug-likeness (QED) is 0.539. The summed E-state index contributed by atoms with van der Waals surface area (Å²) in [6, 6.07) is 15.8. The van der Waals surface area contributed by atoms with Gasteiger partial charge in [-0.15, -0.1) is 10.2 Å². The molecule has 0 saturated carbocycles. The van der Waals surface area contributed by atoms with E-state index < -0.39 is 0 Å². The lowest BCUT2D eigenvalue weighted by Gasteiger charge is -2.13. The van der Waals surface area contributed by atoms with Gasteiger partial charge < -0.3 is 14.6 Å². The van der Waals surface area contributed by atoms with Crippen LogP contribution in [0.25, 0.3) is 11.4 Å². The molecule has 0 bridgehead atoms. The summed E-state index contributed by atoms with van der Waals surface area (Å²) in [5.74, 6) is 1.99. The number of nitrogens with zero attached hydrogens (tertiary/aromatic N) is 3. The van der Waals surface area contributed by atoms with Gasteiger partial charge in [-0.1, -0.05) is 62.0 Å². The van der Waals surface area contributed by atoms with Crippen molar-refractivity contribution in [2.45, 2.75) is 38.4 Å². The molecule has 0 fully saturated rings. The van der Waals surface area contributed by atoms with Crippen molar-refractivity contribution in [3.8, 4) is 17.1 Å². The highest BCUT2D eigenvalue weighted by Gasteiger charge is 2.15. The molecule has 1 heterocycles. The number of aromatic nitrogens is 3. The van der Waals surface area contributed by atoms with Gasteiger partial charge in [0, 0.05) is 12.1 Å². The molecule has 7 heteroatoms. The highest BCUT2D eigenvalue weighted by Crippen LogP contribution is 2.29. The summed E-state index contributed by atoms with van der Waals surface area (Å²) in [4.78, 5) is 12.5. The maximum Gasteiger partial charge on any atom is 0.234 e. The van der Waals surface area contributed by atoms with E-state index in [0.717, 1.165) is 23.1 Å². The Morgan fingerprint density at radius 1 is 1.17 bits per heavy atom. The van der Waals surface area contributed by atoms with Crippen molar-refractivity contribution in [3.05, 3.63) is 54.1 Å². The van der Waals surface area contributed by atoms with Gasteiger partial charge in [-0.25, -0.2) is 0 Å². The zero-order chi connectivity index (χ0) is 20.8. The smallest absolute Gasteiger partial charge is 0.234 e. The van der Waals surface area contributed by atoms with Gasteiger partial charge in [0.05, 0.1) is 18.6 Å². The van der Waals surface area contributed by atoms with E-state index in [1.165, 1.54) is 17.3 Å². The Kier molecular flexibility index (Phi) is 6.93. The first-order valence-electron chi connectivity index (χ1n) is 9.62. The van der Waals surface area contributed by atoms with Crippen molar-refractivity contribution in [3.63, 3.8) is 0 Å². The molecule has 1 amide bonds. The lowest BCUT2D eigenvalue weighted by Crippen LogP contribution is -2.15. The molecular formula is C22H26N4O2S. The monoisotopic (exact) mass is 410 g/mol. The van der Waals surface area contributed by atoms with Crippen LogP contribution in [0.15, 0.2) is 53.7 Å². The van der Waals surface area contributed by atoms with E-state index in [-0.39, 0.29) is 11.7 Å². The van der Waals surface area contributed by atoms with Crippen molar-refractivity contribution in [1.82, 2.24) is 14.8 Å². The van der Waals surface area contributed by atoms with Crippen LogP contribution in [0.4, 0.5) is 5.69 Å². The van der Waals surface area contributed by atoms with Crippen molar-refractivity contribution in [1.29, 1.82) is 0 Å². The van der Waals surface area contributed by atoms with Crippen LogP contribution in [0.2, 0.25) is 0 Å². The zero-order valence-corrected chi connectivity index (χ0v) is 18.0. The number of amides is 1. The van der Waals surface area contributed by atoms with E-state index in [9.17, 15) is 4.79 Å². The number of ether oxygens (including phenoxy) is 1. The molecule has 0 saturated heterocycles. The van der Waals surface area contributed by atoms with E-state index >= 15 is 0 Å². The molecule has 152 valence electrons. The molecule has 0 aliphatic heterocycles. The van der Waals surface area contributed by atoms with Crippen molar-refractivity contribution in [2.24, 2.45) is 0 Å². The second kappa shape index (κ2) is 9.60. The number of thioether (sulfide) groups is 1. The molecule has 0 aliphatic rings. The molecule has 0 unspecified atom stereocenters. The molecule has 1 N–H and O–H groups in total. The van der Waals surface area contributed by atoms with Gasteiger partial charge >= 0.3 is 0 Å². The Morgan fingerprint density at radius 3 is 2.59 bits per heavy atom. The third-order valence-corrected chi connectivity index (χ3v) is 5.53. The first-order chi connectivity index (χ1) is 14.0. The maximum absolute atomic E-state index is 12.5. The van der Waals surface area contributed by atoms with Crippen LogP contribution in [0.5, 0.6) is 5.75 Å². The van der Waals surface area contributed by atoms with Crippen LogP contribution in [-0.4, -0.2) is 33.5 Å². The minimum atomic E-state index is -0.113. The Morgan fingerprint density at radius 2 is 1.93 bits per heavy atom. The molecule has 0 aliphatic carbocycles. The first kappa shape index (κ1) is 20.9. The molecule has 0 radical (unpaired) electrons. The fourth-order valence-corrected chi connectivity index (χ4v) is 3.77. The zero-order valence-electron chi connectivity index (χ0n) is 17.2. The Balaban J connectivity index is 1.68. The number of nitrogens with one attached hydrogen (secondary N) is 1. The highest BCUT2D eigenvalue weighted by molar-refractivity contribution is 7.99. The summed E-state index contributed by atoms with van der Waals surface area (Å²) >= 11 is 1.37. The lowest BCUT2D eigenvalue weighted by molar-refractivity contribution is -0.113. The van der Waals surface area contributed by atoms with E-state index in [4.69, 9.17) is 4.74 Å². The van der Waals surface area contributed by atoms with Gasteiger partial charge in [0.2, 0.25) is 5.91 Å². The summed E-state index contributed by atoms with van der Waals surface area (Å²) in [6.07, 6.45) is 0. The standard InChI is InChI=1S/C22H26N4O2S/c1-5-26-21(16-9-7-6-8-10-16)24-25-22(26)29-14-20(27)23-18-12-11-17(15(2)3)13-19(18)28-4/h6-13,15H,5,14H2,1-4H3,(H,23,27). The maximum atomic E-state index is 12.5. The van der Waals surface area contributed by atoms with Gasteiger partial charge in [-0.2, -0.15) is 0 Å². The Labute approximate surface area is 175 Å². The van der Waals surface area contributed by atoms with Gasteiger partial charge in [0.1, 0.15) is 5.75 Å². The minimum absolute atomic E-state index is 0.113. The number of carbonyl (C=O) groups is 1. The fourth-order valence-electron chi connectivity index (χ4n) is 2.97. The predicted molar refractivity (Wildman–Crippen MR) is 118 cm³/mol. The Bertz CT molecular complexity index is 970. The molecule has 0 spiro atoms. The van der Waals surface area contributed by atoms with E-state index in [1.54, 1.807) is 7.11 Å². The molecule has 0 atom stereocenters. The van der Waals surface area contributed by atoms with Gasteiger partial charge in [-0.3, -0.25) is 4.79 Å². The highest BCUT2D eigenvalue weighted by atomic mass is 32.2. The molecular weight excluding hydrogens is 384 g/mol. The van der Waals surface area contributed by atoms with Gasteiger partial charge in [0.15, 0.2) is 11.0 Å². The summed E-state index contributed by atoms with van der Waals surface area (Å²) in [7, 11) is 1.61. The van der Waals surface area contributed by atoms with Crippen LogP contribution in [0.1, 0.15) is 32.3 Å². The fraction of sp³-hybridized carbons (Fsp3) is 0.318. The van der Waals surface area contributed by atoms with E-state index in [2.05, 4.69) is 29.4 Å². The van der Waals surface area contributed by atoms with Crippen LogP contribution in [0, 0.1) is 0 Å². The van der Waals surface area contributed by atoms with Gasteiger partial charge in [0.25, 0.3) is 0 Å². The molecule has 1 aromatic heterocycles. The number of hydrogen-bond donors (Lipinski definition) is 1. The summed E-state index contributed by atoms with van der Waals surface area (Å²) in [6.45, 7) is 7.02. The topological polar surface area (TPSA) is 69.0 Å². The molecule has 6 nitrogen and oxygen atoms in total. The number of hydrogen-bond acceptors (Lipinski definition) is 5. The summed E-state index contributed by atoms with van der Waals surface area (Å²) in [5.41, 5.74) is 2.84. The summed E-state index contributed by atoms with van der Waals surface area (Å²) < 4.78 is 7.46. The number of carbonyl (C=O) groups excluding carboxylic acids is 1. The van der Waals surface area contributed by atoms with Crippen molar-refractivity contribution in [2.75, 3.05) is 18.2 Å². The second-order valence-corrected chi connectivity index (χ2v) is 7.81. The number of methoxy groups -OCH3 is 1. The van der Waals surface area contributed by atoms with Crippen LogP contribution < -0.4 is 10.1 Å². The molecule has 3 aromatic rings. The van der Waals surface area contributed by atoms with Crippen LogP contribution in [-0.2, 0) is 11.3 Å². The largest absolute Gasteiger partial charge is 0.495 e. The lowest BCUT2D eigenvalue weighted by atomic mass is 10.0. The molecule has 29 heavy (non-hydrogen) atoms. The average Bonchev–Trinajstić information content (AvgIpc) is 3.16. The van der Waals surface area contributed by atoms with Crippen molar-refractivity contribution >= 4 is 23.4 Å². The van der Waals surface area contributed by atoms with Crippen LogP contribution >= 0.6 is 11.8 Å². The number of benzene rings is 2. The number of anilines is 1. The minimum Gasteiger partial charge on any atom is -0.495 e. The van der Waals surface area contributed by atoms with E-state index in [1.807, 2.05) is 60.0 Å². The predicted octanol–water partition coefficient (Wildman–Crippen LogP) is 4.83. The molecule has 3 rings (SSSR count). The van der Waals surface area contributed by atoms with E-state index in [0.29, 0.717) is 17.4 Å². The van der Waals surface area contributed by atoms with Crippen LogP contribution in [0.3, 0.4) is 0 Å². The third kappa shape index (κ3) is 4.98. The Hall–Kier alpha value is -2.80. The van der Waals surface area contributed by atoms with Crippen molar-refractivity contribution < 1.29 is 9.53 Å². The second-order valence-electron chi connectivity index (χ2n) is 6.87. The van der Waals surface area contributed by atoms with Gasteiger partial charge in [-0.05, 0) is 30.5 Å². The normalized spacial score (nSPS) is 10.9.